The zero-order chi connectivity index (χ0) is 21.9. The van der Waals surface area contributed by atoms with Crippen LogP contribution in [0.4, 0.5) is 0 Å². The second-order valence-electron chi connectivity index (χ2n) is 7.60. The Labute approximate surface area is 185 Å². The van der Waals surface area contributed by atoms with E-state index in [4.69, 9.17) is 4.74 Å². The van der Waals surface area contributed by atoms with Crippen molar-refractivity contribution in [2.75, 3.05) is 13.6 Å². The predicted molar refractivity (Wildman–Crippen MR) is 126 cm³/mol. The summed E-state index contributed by atoms with van der Waals surface area (Å²) in [6.07, 6.45) is 0.979. The van der Waals surface area contributed by atoms with Crippen LogP contribution >= 0.6 is 0 Å². The minimum absolute atomic E-state index is 0.585. The Morgan fingerprint density at radius 1 is 0.968 bits per heavy atom. The quantitative estimate of drug-likeness (QED) is 0.296. The van der Waals surface area contributed by atoms with E-state index in [-0.39, 0.29) is 0 Å². The van der Waals surface area contributed by atoms with Gasteiger partial charge in [0.25, 0.3) is 0 Å². The molecule has 6 nitrogen and oxygen atoms in total. The monoisotopic (exact) mass is 419 g/mol. The fraction of sp³-hybridized carbons (Fsp3) is 0.360. The zero-order valence-corrected chi connectivity index (χ0v) is 18.8. The highest BCUT2D eigenvalue weighted by Crippen LogP contribution is 2.12. The first-order valence-corrected chi connectivity index (χ1v) is 10.8. The van der Waals surface area contributed by atoms with Gasteiger partial charge in [0.15, 0.2) is 5.96 Å². The maximum absolute atomic E-state index is 5.93. The van der Waals surface area contributed by atoms with Crippen LogP contribution in [0.3, 0.4) is 0 Å². The van der Waals surface area contributed by atoms with Gasteiger partial charge in [-0.15, -0.1) is 0 Å². The molecule has 0 aliphatic heterocycles. The lowest BCUT2D eigenvalue weighted by molar-refractivity contribution is 0.106. The van der Waals surface area contributed by atoms with Gasteiger partial charge in [-0.1, -0.05) is 54.6 Å². The summed E-state index contributed by atoms with van der Waals surface area (Å²) in [7, 11) is 1.80. The molecule has 0 bridgehead atoms. The van der Waals surface area contributed by atoms with Gasteiger partial charge in [-0.25, -0.2) is 0 Å². The fourth-order valence-corrected chi connectivity index (χ4v) is 3.46. The van der Waals surface area contributed by atoms with Gasteiger partial charge in [0.05, 0.1) is 18.9 Å². The molecule has 0 saturated heterocycles. The molecule has 0 aliphatic carbocycles. The summed E-state index contributed by atoms with van der Waals surface area (Å²) in [5.74, 6) is 0.799. The van der Waals surface area contributed by atoms with Crippen molar-refractivity contribution in [2.24, 2.45) is 4.99 Å². The van der Waals surface area contributed by atoms with E-state index in [1.165, 1.54) is 22.4 Å². The van der Waals surface area contributed by atoms with E-state index in [1.54, 1.807) is 7.05 Å². The second-order valence-corrected chi connectivity index (χ2v) is 7.60. The number of aryl methyl sites for hydroxylation is 3. The van der Waals surface area contributed by atoms with E-state index in [0.717, 1.165) is 31.2 Å². The standard InChI is InChI=1S/C25H33N5O/c1-20-16-21(2)30(29-20)15-9-14-27-25(26-3)28-17-23-12-7-8-13-24(23)19-31-18-22-10-5-4-6-11-22/h4-8,10-13,16H,9,14-15,17-19H2,1-3H3,(H2,26,27,28). The maximum Gasteiger partial charge on any atom is 0.191 e. The van der Waals surface area contributed by atoms with Crippen LogP contribution in [0.1, 0.15) is 34.5 Å². The first kappa shape index (κ1) is 22.6. The molecular weight excluding hydrogens is 386 g/mol. The van der Waals surface area contributed by atoms with Gasteiger partial charge in [0, 0.05) is 32.4 Å². The minimum Gasteiger partial charge on any atom is -0.372 e. The van der Waals surface area contributed by atoms with Crippen LogP contribution in [0.5, 0.6) is 0 Å². The smallest absolute Gasteiger partial charge is 0.191 e. The van der Waals surface area contributed by atoms with Crippen LogP contribution in [0.25, 0.3) is 0 Å². The lowest BCUT2D eigenvalue weighted by Crippen LogP contribution is -2.37. The molecule has 1 aromatic heterocycles. The molecule has 1 heterocycles. The van der Waals surface area contributed by atoms with E-state index in [1.807, 2.05) is 25.1 Å². The maximum atomic E-state index is 5.93. The van der Waals surface area contributed by atoms with Crippen molar-refractivity contribution in [3.05, 3.63) is 88.7 Å². The minimum atomic E-state index is 0.585. The van der Waals surface area contributed by atoms with E-state index >= 15 is 0 Å². The molecule has 0 saturated carbocycles. The first-order valence-electron chi connectivity index (χ1n) is 10.8. The van der Waals surface area contributed by atoms with Gasteiger partial charge in [0.2, 0.25) is 0 Å². The van der Waals surface area contributed by atoms with Crippen molar-refractivity contribution >= 4 is 5.96 Å². The van der Waals surface area contributed by atoms with Crippen LogP contribution in [-0.2, 0) is 31.0 Å². The molecule has 3 rings (SSSR count). The van der Waals surface area contributed by atoms with Crippen LogP contribution in [0, 0.1) is 13.8 Å². The number of rotatable bonds is 10. The zero-order valence-electron chi connectivity index (χ0n) is 18.8. The van der Waals surface area contributed by atoms with Crippen molar-refractivity contribution in [3.63, 3.8) is 0 Å². The number of aliphatic imine (C=N–C) groups is 1. The number of nitrogens with one attached hydrogen (secondary N) is 2. The Morgan fingerprint density at radius 2 is 1.71 bits per heavy atom. The van der Waals surface area contributed by atoms with Gasteiger partial charge in [-0.05, 0) is 43.0 Å². The van der Waals surface area contributed by atoms with Gasteiger partial charge in [-0.3, -0.25) is 9.67 Å². The van der Waals surface area contributed by atoms with Crippen LogP contribution in [0.2, 0.25) is 0 Å². The van der Waals surface area contributed by atoms with Crippen molar-refractivity contribution in [1.82, 2.24) is 20.4 Å². The molecule has 164 valence electrons. The molecule has 6 heteroatoms. The predicted octanol–water partition coefficient (Wildman–Crippen LogP) is 3.97. The third-order valence-electron chi connectivity index (χ3n) is 5.10. The number of nitrogens with zero attached hydrogens (tertiary/aromatic N) is 3. The van der Waals surface area contributed by atoms with Crippen LogP contribution in [0.15, 0.2) is 65.7 Å². The number of benzene rings is 2. The molecule has 0 spiro atoms. The molecule has 2 aromatic carbocycles. The summed E-state index contributed by atoms with van der Waals surface area (Å²) in [5, 5.41) is 11.3. The van der Waals surface area contributed by atoms with Gasteiger partial charge >= 0.3 is 0 Å². The van der Waals surface area contributed by atoms with Gasteiger partial charge in [-0.2, -0.15) is 5.10 Å². The first-order chi connectivity index (χ1) is 15.2. The van der Waals surface area contributed by atoms with Crippen molar-refractivity contribution in [2.45, 2.75) is 46.6 Å². The SMILES string of the molecule is CN=C(NCCCn1nc(C)cc1C)NCc1ccccc1COCc1ccccc1. The number of hydrogen-bond donors (Lipinski definition) is 2. The van der Waals surface area contributed by atoms with E-state index in [0.29, 0.717) is 19.8 Å². The summed E-state index contributed by atoms with van der Waals surface area (Å²) in [5.41, 5.74) is 5.84. The van der Waals surface area contributed by atoms with E-state index in [9.17, 15) is 0 Å². The molecular formula is C25H33N5O. The number of guanidine groups is 1. The molecule has 0 unspecified atom stereocenters. The summed E-state index contributed by atoms with van der Waals surface area (Å²) in [6.45, 7) is 7.74. The van der Waals surface area contributed by atoms with Crippen molar-refractivity contribution < 1.29 is 4.74 Å². The molecule has 0 radical (unpaired) electrons. The average Bonchev–Trinajstić information content (AvgIpc) is 3.11. The van der Waals surface area contributed by atoms with Gasteiger partial charge in [0.1, 0.15) is 0 Å². The fourth-order valence-electron chi connectivity index (χ4n) is 3.46. The number of aromatic nitrogens is 2. The van der Waals surface area contributed by atoms with Crippen LogP contribution < -0.4 is 10.6 Å². The Kier molecular flexibility index (Phi) is 8.67. The largest absolute Gasteiger partial charge is 0.372 e. The summed E-state index contributed by atoms with van der Waals surface area (Å²) in [4.78, 5) is 4.34. The molecule has 0 amide bonds. The van der Waals surface area contributed by atoms with E-state index < -0.39 is 0 Å². The molecule has 0 fully saturated rings. The second kappa shape index (κ2) is 11.9. The lowest BCUT2D eigenvalue weighted by Gasteiger charge is -2.15. The Balaban J connectivity index is 1.43. The molecule has 2 N–H and O–H groups in total. The third kappa shape index (κ3) is 7.26. The summed E-state index contributed by atoms with van der Waals surface area (Å²) >= 11 is 0. The van der Waals surface area contributed by atoms with Crippen molar-refractivity contribution in [3.8, 4) is 0 Å². The highest BCUT2D eigenvalue weighted by Gasteiger charge is 2.05. The highest BCUT2D eigenvalue weighted by atomic mass is 16.5. The molecule has 0 aliphatic rings. The Bertz CT molecular complexity index is 965. The molecule has 3 aromatic rings. The van der Waals surface area contributed by atoms with E-state index in [2.05, 4.69) is 74.8 Å². The van der Waals surface area contributed by atoms with Crippen molar-refractivity contribution in [1.29, 1.82) is 0 Å². The molecule has 31 heavy (non-hydrogen) atoms. The Morgan fingerprint density at radius 3 is 2.42 bits per heavy atom. The third-order valence-corrected chi connectivity index (χ3v) is 5.10. The normalized spacial score (nSPS) is 11.5. The highest BCUT2D eigenvalue weighted by molar-refractivity contribution is 5.79. The summed E-state index contributed by atoms with van der Waals surface area (Å²) in [6, 6.07) is 20.7. The number of hydrogen-bond acceptors (Lipinski definition) is 3. The molecule has 0 atom stereocenters. The summed E-state index contributed by atoms with van der Waals surface area (Å²) < 4.78 is 7.98. The number of ether oxygens (including phenoxy) is 1. The topological polar surface area (TPSA) is 63.5 Å². The Hall–Kier alpha value is -3.12. The van der Waals surface area contributed by atoms with Crippen LogP contribution in [-0.4, -0.2) is 29.3 Å². The average molecular weight is 420 g/mol. The van der Waals surface area contributed by atoms with Gasteiger partial charge < -0.3 is 15.4 Å². The lowest BCUT2D eigenvalue weighted by atomic mass is 10.1.